The Kier molecular flexibility index (Phi) is 5.52. The minimum Gasteiger partial charge on any atom is -0.496 e. The van der Waals surface area contributed by atoms with Crippen molar-refractivity contribution in [3.05, 3.63) is 65.9 Å². The Morgan fingerprint density at radius 2 is 1.87 bits per heavy atom. The molecule has 5 heteroatoms. The van der Waals surface area contributed by atoms with Crippen LogP contribution in [0.3, 0.4) is 0 Å². The summed E-state index contributed by atoms with van der Waals surface area (Å²) in [4.78, 5) is 23.2. The standard InChI is InChI=1S/C18H18N2O3/c1-13(21)15-7-5-8-16(12-15)20-18(22)19-11-10-14-6-3-4-9-17(14)23-2/h3-12H,1-2H3,(H2,19,20,22)/b11-10+. The van der Waals surface area contributed by atoms with Gasteiger partial charge in [-0.05, 0) is 31.2 Å². The van der Waals surface area contributed by atoms with Gasteiger partial charge in [0, 0.05) is 23.0 Å². The molecule has 2 rings (SSSR count). The van der Waals surface area contributed by atoms with Gasteiger partial charge in [-0.1, -0.05) is 30.3 Å². The van der Waals surface area contributed by atoms with Gasteiger partial charge in [0.15, 0.2) is 5.78 Å². The molecule has 0 heterocycles. The summed E-state index contributed by atoms with van der Waals surface area (Å²) in [6.07, 6.45) is 3.27. The van der Waals surface area contributed by atoms with Crippen molar-refractivity contribution in [3.63, 3.8) is 0 Å². The molecule has 0 aliphatic rings. The van der Waals surface area contributed by atoms with E-state index in [2.05, 4.69) is 10.6 Å². The highest BCUT2D eigenvalue weighted by molar-refractivity contribution is 5.96. The molecule has 5 nitrogen and oxygen atoms in total. The average molecular weight is 310 g/mol. The average Bonchev–Trinajstić information content (AvgIpc) is 2.55. The van der Waals surface area contributed by atoms with Gasteiger partial charge in [-0.2, -0.15) is 0 Å². The lowest BCUT2D eigenvalue weighted by Crippen LogP contribution is -2.23. The fraction of sp³-hybridized carbons (Fsp3) is 0.111. The van der Waals surface area contributed by atoms with E-state index in [4.69, 9.17) is 4.74 Å². The predicted octanol–water partition coefficient (Wildman–Crippen LogP) is 3.69. The van der Waals surface area contributed by atoms with E-state index in [0.29, 0.717) is 11.3 Å². The Balaban J connectivity index is 1.96. The lowest BCUT2D eigenvalue weighted by molar-refractivity contribution is 0.101. The van der Waals surface area contributed by atoms with Crippen LogP contribution in [0.25, 0.3) is 6.08 Å². The zero-order valence-corrected chi connectivity index (χ0v) is 13.0. The molecule has 0 aliphatic carbocycles. The molecule has 0 fully saturated rings. The summed E-state index contributed by atoms with van der Waals surface area (Å²) in [7, 11) is 1.59. The number of rotatable bonds is 5. The number of nitrogens with one attached hydrogen (secondary N) is 2. The van der Waals surface area contributed by atoms with E-state index in [-0.39, 0.29) is 5.78 Å². The molecule has 0 radical (unpaired) electrons. The fourth-order valence-electron chi connectivity index (χ4n) is 1.99. The molecular weight excluding hydrogens is 292 g/mol. The van der Waals surface area contributed by atoms with Crippen LogP contribution in [0.2, 0.25) is 0 Å². The van der Waals surface area contributed by atoms with Crippen LogP contribution >= 0.6 is 0 Å². The van der Waals surface area contributed by atoms with Crippen LogP contribution in [0.4, 0.5) is 10.5 Å². The molecule has 23 heavy (non-hydrogen) atoms. The molecule has 0 atom stereocenters. The first-order valence-electron chi connectivity index (χ1n) is 7.08. The number of ketones is 1. The van der Waals surface area contributed by atoms with Crippen LogP contribution in [0.5, 0.6) is 5.75 Å². The van der Waals surface area contributed by atoms with Crippen molar-refractivity contribution in [2.24, 2.45) is 0 Å². The highest BCUT2D eigenvalue weighted by Gasteiger charge is 2.03. The highest BCUT2D eigenvalue weighted by Crippen LogP contribution is 2.18. The highest BCUT2D eigenvalue weighted by atomic mass is 16.5. The first kappa shape index (κ1) is 16.3. The molecule has 0 aliphatic heterocycles. The summed E-state index contributed by atoms with van der Waals surface area (Å²) >= 11 is 0. The normalized spacial score (nSPS) is 10.3. The second kappa shape index (κ2) is 7.79. The van der Waals surface area contributed by atoms with E-state index >= 15 is 0 Å². The van der Waals surface area contributed by atoms with Crippen molar-refractivity contribution in [1.82, 2.24) is 5.32 Å². The summed E-state index contributed by atoms with van der Waals surface area (Å²) in [5.41, 5.74) is 1.96. The van der Waals surface area contributed by atoms with Crippen molar-refractivity contribution in [1.29, 1.82) is 0 Å². The molecule has 2 amide bonds. The smallest absolute Gasteiger partial charge is 0.323 e. The summed E-state index contributed by atoms with van der Waals surface area (Å²) in [5.74, 6) is 0.672. The predicted molar refractivity (Wildman–Crippen MR) is 90.6 cm³/mol. The molecule has 2 aromatic rings. The Hall–Kier alpha value is -3.08. The van der Waals surface area contributed by atoms with Gasteiger partial charge in [-0.25, -0.2) is 4.79 Å². The minimum absolute atomic E-state index is 0.0508. The third kappa shape index (κ3) is 4.71. The topological polar surface area (TPSA) is 67.4 Å². The number of carbonyl (C=O) groups excluding carboxylic acids is 2. The van der Waals surface area contributed by atoms with Gasteiger partial charge in [-0.3, -0.25) is 4.79 Å². The maximum Gasteiger partial charge on any atom is 0.323 e. The van der Waals surface area contributed by atoms with E-state index in [0.717, 1.165) is 11.3 Å². The number of para-hydroxylation sites is 1. The monoisotopic (exact) mass is 310 g/mol. The van der Waals surface area contributed by atoms with Gasteiger partial charge in [0.2, 0.25) is 0 Å². The number of ether oxygens (including phenoxy) is 1. The number of methoxy groups -OCH3 is 1. The summed E-state index contributed by atoms with van der Waals surface area (Å²) < 4.78 is 5.22. The fourth-order valence-corrected chi connectivity index (χ4v) is 1.99. The van der Waals surface area contributed by atoms with Gasteiger partial charge in [-0.15, -0.1) is 0 Å². The zero-order chi connectivity index (χ0) is 16.7. The van der Waals surface area contributed by atoms with Crippen LogP contribution in [-0.4, -0.2) is 18.9 Å². The van der Waals surface area contributed by atoms with Gasteiger partial charge >= 0.3 is 6.03 Å². The first-order chi connectivity index (χ1) is 11.1. The van der Waals surface area contributed by atoms with E-state index in [1.807, 2.05) is 24.3 Å². The maximum atomic E-state index is 11.8. The molecular formula is C18H18N2O3. The number of benzene rings is 2. The number of anilines is 1. The molecule has 2 aromatic carbocycles. The summed E-state index contributed by atoms with van der Waals surface area (Å²) in [6, 6.07) is 13.9. The minimum atomic E-state index is -0.392. The number of Topliss-reactive ketones (excluding diaryl/α,β-unsaturated/α-hetero) is 1. The van der Waals surface area contributed by atoms with E-state index in [9.17, 15) is 9.59 Å². The quantitative estimate of drug-likeness (QED) is 0.828. The van der Waals surface area contributed by atoms with Crippen LogP contribution in [0.1, 0.15) is 22.8 Å². The first-order valence-corrected chi connectivity index (χ1v) is 7.08. The molecule has 0 aromatic heterocycles. The number of urea groups is 1. The van der Waals surface area contributed by atoms with Gasteiger partial charge < -0.3 is 15.4 Å². The Bertz CT molecular complexity index is 739. The number of hydrogen-bond acceptors (Lipinski definition) is 3. The van der Waals surface area contributed by atoms with Gasteiger partial charge in [0.25, 0.3) is 0 Å². The van der Waals surface area contributed by atoms with Crippen LogP contribution in [0.15, 0.2) is 54.7 Å². The number of carbonyl (C=O) groups is 2. The summed E-state index contributed by atoms with van der Waals surface area (Å²) in [6.45, 7) is 1.48. The third-order valence-electron chi connectivity index (χ3n) is 3.14. The molecule has 0 bridgehead atoms. The molecule has 2 N–H and O–H groups in total. The van der Waals surface area contributed by atoms with E-state index in [1.54, 1.807) is 37.5 Å². The van der Waals surface area contributed by atoms with Crippen molar-refractivity contribution >= 4 is 23.6 Å². The SMILES string of the molecule is COc1ccccc1/C=C/NC(=O)Nc1cccc(C(C)=O)c1. The van der Waals surface area contributed by atoms with Crippen LogP contribution < -0.4 is 15.4 Å². The van der Waals surface area contributed by atoms with Gasteiger partial charge in [0.1, 0.15) is 5.75 Å². The second-order valence-corrected chi connectivity index (χ2v) is 4.81. The van der Waals surface area contributed by atoms with Gasteiger partial charge in [0.05, 0.1) is 7.11 Å². The van der Waals surface area contributed by atoms with E-state index < -0.39 is 6.03 Å². The van der Waals surface area contributed by atoms with Crippen molar-refractivity contribution < 1.29 is 14.3 Å². The zero-order valence-electron chi connectivity index (χ0n) is 13.0. The molecule has 0 saturated heterocycles. The van der Waals surface area contributed by atoms with Crippen LogP contribution in [0, 0.1) is 0 Å². The Morgan fingerprint density at radius 1 is 1.09 bits per heavy atom. The molecule has 0 unspecified atom stereocenters. The number of amides is 2. The third-order valence-corrected chi connectivity index (χ3v) is 3.14. The lowest BCUT2D eigenvalue weighted by Gasteiger charge is -2.06. The van der Waals surface area contributed by atoms with Crippen molar-refractivity contribution in [2.45, 2.75) is 6.92 Å². The maximum absolute atomic E-state index is 11.8. The van der Waals surface area contributed by atoms with Crippen molar-refractivity contribution in [2.75, 3.05) is 12.4 Å². The molecule has 0 spiro atoms. The lowest BCUT2D eigenvalue weighted by atomic mass is 10.1. The van der Waals surface area contributed by atoms with Crippen LogP contribution in [-0.2, 0) is 0 Å². The summed E-state index contributed by atoms with van der Waals surface area (Å²) in [5, 5.41) is 5.28. The Labute approximate surface area is 135 Å². The number of hydrogen-bond donors (Lipinski definition) is 2. The second-order valence-electron chi connectivity index (χ2n) is 4.81. The molecule has 118 valence electrons. The van der Waals surface area contributed by atoms with Crippen molar-refractivity contribution in [3.8, 4) is 5.75 Å². The Morgan fingerprint density at radius 3 is 2.61 bits per heavy atom. The van der Waals surface area contributed by atoms with E-state index in [1.165, 1.54) is 13.1 Å². The molecule has 0 saturated carbocycles. The largest absolute Gasteiger partial charge is 0.496 e.